The number of amides is 1. The highest BCUT2D eigenvalue weighted by Crippen LogP contribution is 2.20. The largest absolute Gasteiger partial charge is 0.453 e. The van der Waals surface area contributed by atoms with Gasteiger partial charge >= 0.3 is 6.09 Å². The van der Waals surface area contributed by atoms with Crippen LogP contribution in [0, 0.1) is 0 Å². The Morgan fingerprint density at radius 1 is 1.42 bits per heavy atom. The zero-order chi connectivity index (χ0) is 13.7. The van der Waals surface area contributed by atoms with Gasteiger partial charge in [0.25, 0.3) is 0 Å². The first-order valence-corrected chi connectivity index (χ1v) is 5.81. The number of hydrogen-bond acceptors (Lipinski definition) is 4. The minimum Gasteiger partial charge on any atom is -0.453 e. The third kappa shape index (κ3) is 3.01. The third-order valence-electron chi connectivity index (χ3n) is 2.83. The van der Waals surface area contributed by atoms with Gasteiger partial charge in [-0.25, -0.2) is 4.79 Å². The molecule has 5 heteroatoms. The lowest BCUT2D eigenvalue weighted by Crippen LogP contribution is -2.22. The van der Waals surface area contributed by atoms with Gasteiger partial charge in [0.1, 0.15) is 0 Å². The molecule has 2 rings (SSSR count). The second kappa shape index (κ2) is 5.86. The Hall–Kier alpha value is -2.56. The van der Waals surface area contributed by atoms with Gasteiger partial charge in [0.2, 0.25) is 0 Å². The molecule has 0 atom stereocenters. The van der Waals surface area contributed by atoms with E-state index >= 15 is 0 Å². The van der Waals surface area contributed by atoms with Gasteiger partial charge < -0.3 is 15.9 Å². The number of nitrogens with one attached hydrogen (secondary N) is 1. The smallest absolute Gasteiger partial charge is 0.407 e. The number of fused-ring (bicyclic) bond motifs is 1. The molecule has 0 saturated heterocycles. The van der Waals surface area contributed by atoms with Crippen LogP contribution >= 0.6 is 0 Å². The van der Waals surface area contributed by atoms with Gasteiger partial charge in [0.05, 0.1) is 13.3 Å². The van der Waals surface area contributed by atoms with E-state index in [0.717, 1.165) is 21.9 Å². The van der Waals surface area contributed by atoms with E-state index in [0.29, 0.717) is 6.54 Å². The first-order chi connectivity index (χ1) is 9.24. The van der Waals surface area contributed by atoms with Crippen molar-refractivity contribution in [1.29, 1.82) is 0 Å². The number of nitrogens with zero attached hydrogens (tertiary/aromatic N) is 1. The van der Waals surface area contributed by atoms with E-state index in [4.69, 9.17) is 5.84 Å². The molecule has 0 bridgehead atoms. The normalized spacial score (nSPS) is 10.8. The summed E-state index contributed by atoms with van der Waals surface area (Å²) in [6, 6.07) is 11.8. The number of nitrogens with two attached hydrogens (primary N) is 1. The number of carbonyl (C=O) groups excluding carboxylic acids is 1. The molecule has 1 amide bonds. The van der Waals surface area contributed by atoms with E-state index in [-0.39, 0.29) is 0 Å². The van der Waals surface area contributed by atoms with Gasteiger partial charge in [-0.15, -0.1) is 0 Å². The summed E-state index contributed by atoms with van der Waals surface area (Å²) >= 11 is 0. The number of methoxy groups -OCH3 is 1. The van der Waals surface area contributed by atoms with Crippen molar-refractivity contribution in [2.45, 2.75) is 6.54 Å². The Bertz CT molecular complexity index is 623. The topological polar surface area (TPSA) is 76.7 Å². The average molecular weight is 257 g/mol. The quantitative estimate of drug-likeness (QED) is 0.501. The molecule has 2 aromatic carbocycles. The minimum atomic E-state index is -0.448. The van der Waals surface area contributed by atoms with Gasteiger partial charge in [-0.05, 0) is 28.0 Å². The van der Waals surface area contributed by atoms with Crippen molar-refractivity contribution in [2.75, 3.05) is 7.11 Å². The number of rotatable bonds is 3. The summed E-state index contributed by atoms with van der Waals surface area (Å²) in [5.41, 5.74) is 1.93. The second-order valence-electron chi connectivity index (χ2n) is 4.02. The van der Waals surface area contributed by atoms with E-state index in [1.54, 1.807) is 6.21 Å². The van der Waals surface area contributed by atoms with E-state index in [1.165, 1.54) is 7.11 Å². The summed E-state index contributed by atoms with van der Waals surface area (Å²) in [5.74, 6) is 5.15. The summed E-state index contributed by atoms with van der Waals surface area (Å²) in [6.07, 6.45) is 1.14. The SMILES string of the molecule is COC(=O)NCc1cccc2ccc(C=NN)cc12. The van der Waals surface area contributed by atoms with Crippen molar-refractivity contribution in [3.63, 3.8) is 0 Å². The molecular weight excluding hydrogens is 242 g/mol. The van der Waals surface area contributed by atoms with E-state index < -0.39 is 6.09 Å². The first kappa shape index (κ1) is 12.9. The highest BCUT2D eigenvalue weighted by molar-refractivity contribution is 5.92. The molecule has 3 N–H and O–H groups in total. The highest BCUT2D eigenvalue weighted by Gasteiger charge is 2.04. The van der Waals surface area contributed by atoms with Gasteiger partial charge in [0, 0.05) is 6.54 Å². The summed E-state index contributed by atoms with van der Waals surface area (Å²) in [6.45, 7) is 0.410. The Kier molecular flexibility index (Phi) is 3.97. The second-order valence-corrected chi connectivity index (χ2v) is 4.02. The molecule has 0 aromatic heterocycles. The van der Waals surface area contributed by atoms with Crippen LogP contribution in [0.2, 0.25) is 0 Å². The number of hydrazone groups is 1. The van der Waals surface area contributed by atoms with Crippen LogP contribution in [0.4, 0.5) is 4.79 Å². The van der Waals surface area contributed by atoms with Crippen molar-refractivity contribution in [3.8, 4) is 0 Å². The summed E-state index contributed by atoms with van der Waals surface area (Å²) < 4.78 is 4.56. The highest BCUT2D eigenvalue weighted by atomic mass is 16.5. The lowest BCUT2D eigenvalue weighted by Gasteiger charge is -2.08. The molecular formula is C14H15N3O2. The predicted octanol–water partition coefficient (Wildman–Crippen LogP) is 1.99. The van der Waals surface area contributed by atoms with E-state index in [9.17, 15) is 4.79 Å². The third-order valence-corrected chi connectivity index (χ3v) is 2.83. The molecule has 19 heavy (non-hydrogen) atoms. The van der Waals surface area contributed by atoms with Crippen LogP contribution in [0.15, 0.2) is 41.5 Å². The Balaban J connectivity index is 2.36. The molecule has 0 spiro atoms. The predicted molar refractivity (Wildman–Crippen MR) is 75.0 cm³/mol. The van der Waals surface area contributed by atoms with Gasteiger partial charge in [-0.3, -0.25) is 0 Å². The molecule has 0 aliphatic rings. The number of alkyl carbamates (subject to hydrolysis) is 1. The van der Waals surface area contributed by atoms with Crippen LogP contribution in [0.3, 0.4) is 0 Å². The molecule has 0 saturated carbocycles. The fourth-order valence-corrected chi connectivity index (χ4v) is 1.92. The molecule has 98 valence electrons. The van der Waals surface area contributed by atoms with Crippen LogP contribution in [0.25, 0.3) is 10.8 Å². The summed E-state index contributed by atoms with van der Waals surface area (Å²) in [5, 5.41) is 8.34. The van der Waals surface area contributed by atoms with Gasteiger partial charge in [0.15, 0.2) is 0 Å². The summed E-state index contributed by atoms with van der Waals surface area (Å²) in [7, 11) is 1.34. The molecule has 0 unspecified atom stereocenters. The molecule has 0 radical (unpaired) electrons. The summed E-state index contributed by atoms with van der Waals surface area (Å²) in [4.78, 5) is 11.1. The fraction of sp³-hybridized carbons (Fsp3) is 0.143. The molecule has 5 nitrogen and oxygen atoms in total. The lowest BCUT2D eigenvalue weighted by molar-refractivity contribution is 0.170. The molecule has 0 aliphatic heterocycles. The number of benzene rings is 2. The zero-order valence-corrected chi connectivity index (χ0v) is 10.6. The van der Waals surface area contributed by atoms with Gasteiger partial charge in [-0.2, -0.15) is 5.10 Å². The lowest BCUT2D eigenvalue weighted by atomic mass is 10.0. The molecule has 0 heterocycles. The maximum atomic E-state index is 11.1. The van der Waals surface area contributed by atoms with Crippen LogP contribution < -0.4 is 11.2 Å². The Morgan fingerprint density at radius 3 is 3.00 bits per heavy atom. The van der Waals surface area contributed by atoms with E-state index in [2.05, 4.69) is 15.2 Å². The Labute approximate surface area is 111 Å². The van der Waals surface area contributed by atoms with E-state index in [1.807, 2.05) is 36.4 Å². The number of ether oxygens (including phenoxy) is 1. The number of hydrogen-bond donors (Lipinski definition) is 2. The fourth-order valence-electron chi connectivity index (χ4n) is 1.92. The monoisotopic (exact) mass is 257 g/mol. The van der Waals surface area contributed by atoms with Crippen LogP contribution in [0.5, 0.6) is 0 Å². The maximum Gasteiger partial charge on any atom is 0.407 e. The van der Waals surface area contributed by atoms with Crippen molar-refractivity contribution in [1.82, 2.24) is 5.32 Å². The van der Waals surface area contributed by atoms with Crippen molar-refractivity contribution in [3.05, 3.63) is 47.5 Å². The Morgan fingerprint density at radius 2 is 2.26 bits per heavy atom. The van der Waals surface area contributed by atoms with Crippen LogP contribution in [0.1, 0.15) is 11.1 Å². The number of carbonyl (C=O) groups is 1. The zero-order valence-electron chi connectivity index (χ0n) is 10.6. The molecule has 0 fully saturated rings. The van der Waals surface area contributed by atoms with Crippen LogP contribution in [-0.2, 0) is 11.3 Å². The maximum absolute atomic E-state index is 11.1. The molecule has 0 aliphatic carbocycles. The minimum absolute atomic E-state index is 0.410. The average Bonchev–Trinajstić information content (AvgIpc) is 2.45. The van der Waals surface area contributed by atoms with Crippen LogP contribution in [-0.4, -0.2) is 19.4 Å². The van der Waals surface area contributed by atoms with Crippen molar-refractivity contribution >= 4 is 23.1 Å². The van der Waals surface area contributed by atoms with Crippen molar-refractivity contribution < 1.29 is 9.53 Å². The molecule has 2 aromatic rings. The van der Waals surface area contributed by atoms with Crippen molar-refractivity contribution in [2.24, 2.45) is 10.9 Å². The van der Waals surface area contributed by atoms with Gasteiger partial charge in [-0.1, -0.05) is 30.3 Å². The standard InChI is InChI=1S/C14H15N3O2/c1-19-14(18)16-9-12-4-2-3-11-6-5-10(8-17-15)7-13(11)12/h2-8H,9,15H2,1H3,(H,16,18). The first-order valence-electron chi connectivity index (χ1n) is 5.81.